The van der Waals surface area contributed by atoms with E-state index in [0.29, 0.717) is 38.9 Å². The second kappa shape index (κ2) is 10.7. The van der Waals surface area contributed by atoms with Crippen LogP contribution >= 0.6 is 0 Å². The summed E-state index contributed by atoms with van der Waals surface area (Å²) in [4.78, 5) is 12.2. The molecule has 0 heterocycles. The Hall–Kier alpha value is -0.810. The van der Waals surface area contributed by atoms with Crippen LogP contribution in [0.1, 0.15) is 87.0 Å². The van der Waals surface area contributed by atoms with Gasteiger partial charge in [0.2, 0.25) is 0 Å². The van der Waals surface area contributed by atoms with Gasteiger partial charge in [-0.1, -0.05) is 53.4 Å². The number of rotatable bonds is 10. The van der Waals surface area contributed by atoms with Gasteiger partial charge in [0.15, 0.2) is 0 Å². The van der Waals surface area contributed by atoms with E-state index < -0.39 is 0 Å². The normalized spacial score (nSPS) is 25.1. The van der Waals surface area contributed by atoms with Gasteiger partial charge in [0.1, 0.15) is 0 Å². The average Bonchev–Trinajstić information content (AvgIpc) is 3.25. The van der Waals surface area contributed by atoms with Crippen molar-refractivity contribution in [1.29, 1.82) is 0 Å². The molecule has 2 saturated carbocycles. The summed E-state index contributed by atoms with van der Waals surface area (Å²) in [5.41, 5.74) is -0.338. The molecule has 2 aliphatic rings. The van der Waals surface area contributed by atoms with Crippen LogP contribution in [0.5, 0.6) is 0 Å². The van der Waals surface area contributed by atoms with Gasteiger partial charge in [0.25, 0.3) is 0 Å². The van der Waals surface area contributed by atoms with Gasteiger partial charge in [-0.15, -0.1) is 0 Å². The van der Waals surface area contributed by atoms with Gasteiger partial charge in [-0.2, -0.15) is 0 Å². The van der Waals surface area contributed by atoms with Crippen molar-refractivity contribution >= 4 is 6.09 Å². The molecule has 0 aromatic carbocycles. The highest BCUT2D eigenvalue weighted by Gasteiger charge is 2.49. The summed E-state index contributed by atoms with van der Waals surface area (Å²) in [6.07, 6.45) is 7.78. The first-order chi connectivity index (χ1) is 13.9. The highest BCUT2D eigenvalue weighted by atomic mass is 16.5. The third kappa shape index (κ3) is 9.55. The summed E-state index contributed by atoms with van der Waals surface area (Å²) in [7, 11) is 0. The van der Waals surface area contributed by atoms with Gasteiger partial charge in [-0.25, -0.2) is 4.79 Å². The Morgan fingerprint density at radius 2 is 1.40 bits per heavy atom. The van der Waals surface area contributed by atoms with E-state index in [9.17, 15) is 4.79 Å². The fraction of sp³-hybridized carbons (Fsp3) is 0.960. The quantitative estimate of drug-likeness (QED) is 0.480. The predicted octanol–water partition coefficient (Wildman–Crippen LogP) is 5.81. The molecule has 0 bridgehead atoms. The maximum Gasteiger partial charge on any atom is 0.407 e. The Morgan fingerprint density at radius 1 is 0.833 bits per heavy atom. The molecule has 1 amide bonds. The van der Waals surface area contributed by atoms with Crippen molar-refractivity contribution in [3.8, 4) is 0 Å². The van der Waals surface area contributed by atoms with E-state index in [1.165, 1.54) is 38.5 Å². The van der Waals surface area contributed by atoms with Crippen LogP contribution in [-0.4, -0.2) is 44.7 Å². The highest BCUT2D eigenvalue weighted by Crippen LogP contribution is 2.53. The number of nitrogens with one attached hydrogen (secondary N) is 1. The fourth-order valence-corrected chi connectivity index (χ4v) is 4.38. The molecule has 0 aromatic heterocycles. The van der Waals surface area contributed by atoms with Crippen LogP contribution in [0, 0.1) is 28.6 Å². The zero-order chi connectivity index (χ0) is 22.4. The van der Waals surface area contributed by atoms with Crippen LogP contribution in [0.2, 0.25) is 0 Å². The molecular weight excluding hydrogens is 378 g/mol. The zero-order valence-corrected chi connectivity index (χ0v) is 20.6. The van der Waals surface area contributed by atoms with E-state index in [4.69, 9.17) is 14.2 Å². The molecule has 2 fully saturated rings. The van der Waals surface area contributed by atoms with E-state index in [1.54, 1.807) is 0 Å². The molecule has 1 N–H and O–H groups in total. The third-order valence-corrected chi connectivity index (χ3v) is 6.33. The summed E-state index contributed by atoms with van der Waals surface area (Å²) in [6.45, 7) is 17.7. The van der Waals surface area contributed by atoms with Crippen LogP contribution in [0.15, 0.2) is 0 Å². The second-order valence-electron chi connectivity index (χ2n) is 12.2. The number of hydrogen-bond donors (Lipinski definition) is 1. The zero-order valence-electron chi connectivity index (χ0n) is 20.6. The molecule has 2 rings (SSSR count). The SMILES string of the molecule is CC(C)(CNC(=O)OCC1[C@H]2CCCCCC[C@@H]12)COCC(C)(C)COC(C)(C)C. The van der Waals surface area contributed by atoms with Crippen molar-refractivity contribution in [2.45, 2.75) is 92.6 Å². The molecule has 0 aromatic rings. The molecule has 3 atom stereocenters. The van der Waals surface area contributed by atoms with E-state index in [-0.39, 0.29) is 22.5 Å². The molecule has 0 radical (unpaired) electrons. The number of carbonyl (C=O) groups excluding carboxylic acids is 1. The predicted molar refractivity (Wildman–Crippen MR) is 122 cm³/mol. The van der Waals surface area contributed by atoms with Crippen molar-refractivity contribution in [2.24, 2.45) is 28.6 Å². The molecule has 5 nitrogen and oxygen atoms in total. The molecule has 30 heavy (non-hydrogen) atoms. The molecule has 5 heteroatoms. The van der Waals surface area contributed by atoms with E-state index in [0.717, 1.165) is 11.8 Å². The second-order valence-corrected chi connectivity index (χ2v) is 12.2. The van der Waals surface area contributed by atoms with Crippen LogP contribution in [0.25, 0.3) is 0 Å². The van der Waals surface area contributed by atoms with Gasteiger partial charge in [0.05, 0.1) is 32.0 Å². The minimum absolute atomic E-state index is 0.0471. The summed E-state index contributed by atoms with van der Waals surface area (Å²) >= 11 is 0. The minimum atomic E-state index is -0.291. The smallest absolute Gasteiger partial charge is 0.407 e. The van der Waals surface area contributed by atoms with E-state index in [1.807, 2.05) is 0 Å². The van der Waals surface area contributed by atoms with Crippen molar-refractivity contribution in [3.05, 3.63) is 0 Å². The van der Waals surface area contributed by atoms with Gasteiger partial charge < -0.3 is 19.5 Å². The maximum absolute atomic E-state index is 12.2. The highest BCUT2D eigenvalue weighted by molar-refractivity contribution is 5.67. The van der Waals surface area contributed by atoms with Crippen molar-refractivity contribution in [3.63, 3.8) is 0 Å². The molecular formula is C25H47NO4. The minimum Gasteiger partial charge on any atom is -0.449 e. The Labute approximate surface area is 185 Å². The molecule has 0 aliphatic heterocycles. The molecule has 176 valence electrons. The fourth-order valence-electron chi connectivity index (χ4n) is 4.38. The first-order valence-corrected chi connectivity index (χ1v) is 12.0. The summed E-state index contributed by atoms with van der Waals surface area (Å²) in [5, 5.41) is 2.94. The van der Waals surface area contributed by atoms with Gasteiger partial charge in [-0.05, 0) is 51.4 Å². The summed E-state index contributed by atoms with van der Waals surface area (Å²) in [6, 6.07) is 0. The third-order valence-electron chi connectivity index (χ3n) is 6.33. The number of hydrogen-bond acceptors (Lipinski definition) is 4. The number of carbonyl (C=O) groups is 1. The first-order valence-electron chi connectivity index (χ1n) is 12.0. The molecule has 0 spiro atoms. The summed E-state index contributed by atoms with van der Waals surface area (Å²) in [5.74, 6) is 2.20. The largest absolute Gasteiger partial charge is 0.449 e. The Balaban J connectivity index is 1.60. The lowest BCUT2D eigenvalue weighted by Gasteiger charge is -2.31. The van der Waals surface area contributed by atoms with Crippen molar-refractivity contribution < 1.29 is 19.0 Å². The first kappa shape index (κ1) is 25.5. The van der Waals surface area contributed by atoms with Gasteiger partial charge >= 0.3 is 6.09 Å². The van der Waals surface area contributed by atoms with Crippen LogP contribution in [-0.2, 0) is 14.2 Å². The Bertz CT molecular complexity index is 524. The van der Waals surface area contributed by atoms with Crippen LogP contribution < -0.4 is 5.32 Å². The van der Waals surface area contributed by atoms with E-state index >= 15 is 0 Å². The standard InChI is InChI=1S/C25H47NO4/c1-23(2,3)30-18-25(6,7)17-28-16-24(4,5)15-26-22(27)29-14-21-19-12-10-8-9-11-13-20(19)21/h19-21H,8-18H2,1-7H3,(H,26,27)/t19-,20+,21?. The monoisotopic (exact) mass is 425 g/mol. The lowest BCUT2D eigenvalue weighted by Crippen LogP contribution is -2.38. The summed E-state index contributed by atoms with van der Waals surface area (Å²) < 4.78 is 17.4. The average molecular weight is 426 g/mol. The molecule has 0 saturated heterocycles. The topological polar surface area (TPSA) is 56.8 Å². The van der Waals surface area contributed by atoms with Crippen LogP contribution in [0.3, 0.4) is 0 Å². The van der Waals surface area contributed by atoms with Gasteiger partial charge in [0, 0.05) is 17.4 Å². The Kier molecular flexibility index (Phi) is 9.05. The molecule has 1 unspecified atom stereocenters. The van der Waals surface area contributed by atoms with Gasteiger partial charge in [-0.3, -0.25) is 0 Å². The maximum atomic E-state index is 12.2. The van der Waals surface area contributed by atoms with E-state index in [2.05, 4.69) is 53.8 Å². The number of ether oxygens (including phenoxy) is 3. The number of fused-ring (bicyclic) bond motifs is 1. The van der Waals surface area contributed by atoms with Crippen molar-refractivity contribution in [1.82, 2.24) is 5.32 Å². The number of alkyl carbamates (subject to hydrolysis) is 1. The number of amides is 1. The Morgan fingerprint density at radius 3 is 1.97 bits per heavy atom. The lowest BCUT2D eigenvalue weighted by atomic mass is 9.93. The lowest BCUT2D eigenvalue weighted by molar-refractivity contribution is -0.0738. The van der Waals surface area contributed by atoms with Crippen LogP contribution in [0.4, 0.5) is 4.79 Å². The van der Waals surface area contributed by atoms with Crippen molar-refractivity contribution in [2.75, 3.05) is 33.0 Å². The molecule has 2 aliphatic carbocycles.